The molecule has 1 heterocycles. The van der Waals surface area contributed by atoms with Crippen molar-refractivity contribution < 1.29 is 4.74 Å². The van der Waals surface area contributed by atoms with Crippen molar-refractivity contribution in [2.24, 2.45) is 4.99 Å². The van der Waals surface area contributed by atoms with Crippen molar-refractivity contribution >= 4 is 11.7 Å². The number of ether oxygens (including phenoxy) is 1. The zero-order valence-corrected chi connectivity index (χ0v) is 11.0. The van der Waals surface area contributed by atoms with Crippen LogP contribution in [0.15, 0.2) is 17.1 Å². The van der Waals surface area contributed by atoms with Crippen LogP contribution in [0.5, 0.6) is 0 Å². The number of benzene rings is 1. The van der Waals surface area contributed by atoms with E-state index in [1.54, 1.807) is 0 Å². The average Bonchev–Trinajstić information content (AvgIpc) is 2.91. The number of rotatable bonds is 2. The maximum Gasteiger partial charge on any atom is 0.289 e. The Hall–Kier alpha value is -1.51. The van der Waals surface area contributed by atoms with Gasteiger partial charge in [0, 0.05) is 5.69 Å². The summed E-state index contributed by atoms with van der Waals surface area (Å²) >= 11 is 0. The molecule has 0 unspecified atom stereocenters. The van der Waals surface area contributed by atoms with Crippen LogP contribution in [-0.4, -0.2) is 19.2 Å². The maximum atomic E-state index is 5.46. The van der Waals surface area contributed by atoms with Gasteiger partial charge >= 0.3 is 0 Å². The van der Waals surface area contributed by atoms with Gasteiger partial charge in [0.2, 0.25) is 0 Å². The van der Waals surface area contributed by atoms with E-state index in [9.17, 15) is 0 Å². The van der Waals surface area contributed by atoms with Crippen LogP contribution < -0.4 is 5.32 Å². The average molecular weight is 244 g/mol. The Balaban J connectivity index is 1.95. The first-order chi connectivity index (χ1) is 8.86. The van der Waals surface area contributed by atoms with Gasteiger partial charge in [-0.05, 0) is 54.9 Å². The first kappa shape index (κ1) is 11.6. The summed E-state index contributed by atoms with van der Waals surface area (Å²) in [4.78, 5) is 4.32. The van der Waals surface area contributed by atoms with Crippen LogP contribution in [0.2, 0.25) is 0 Å². The Morgan fingerprint density at radius 2 is 2.17 bits per heavy atom. The summed E-state index contributed by atoms with van der Waals surface area (Å²) in [6.45, 7) is 3.69. The summed E-state index contributed by atoms with van der Waals surface area (Å²) < 4.78 is 5.46. The monoisotopic (exact) mass is 244 g/mol. The maximum absolute atomic E-state index is 5.46. The largest absolute Gasteiger partial charge is 0.463 e. The predicted molar refractivity (Wildman–Crippen MR) is 74.3 cm³/mol. The van der Waals surface area contributed by atoms with Gasteiger partial charge in [0.25, 0.3) is 6.02 Å². The molecule has 0 amide bonds. The Labute approximate surface area is 108 Å². The molecule has 1 aromatic rings. The fraction of sp³-hybridized carbons (Fsp3) is 0.533. The highest BCUT2D eigenvalue weighted by Crippen LogP contribution is 2.30. The summed E-state index contributed by atoms with van der Waals surface area (Å²) in [5.41, 5.74) is 5.60. The van der Waals surface area contributed by atoms with E-state index in [0.717, 1.165) is 13.0 Å². The summed E-state index contributed by atoms with van der Waals surface area (Å²) in [5, 5.41) is 3.37. The summed E-state index contributed by atoms with van der Waals surface area (Å²) in [7, 11) is 0. The van der Waals surface area contributed by atoms with Crippen LogP contribution in [-0.2, 0) is 24.0 Å². The SMILES string of the molecule is CCc1cc2c(c(NC3=NCCO3)c1)CCCC2. The molecular weight excluding hydrogens is 224 g/mol. The first-order valence-corrected chi connectivity index (χ1v) is 6.96. The molecule has 2 aliphatic rings. The number of hydrogen-bond donors (Lipinski definition) is 1. The van der Waals surface area contributed by atoms with Gasteiger partial charge in [0.1, 0.15) is 6.61 Å². The minimum atomic E-state index is 0.691. The van der Waals surface area contributed by atoms with Crippen LogP contribution in [0.25, 0.3) is 0 Å². The van der Waals surface area contributed by atoms with E-state index in [2.05, 4.69) is 29.4 Å². The Bertz CT molecular complexity index is 480. The molecule has 3 rings (SSSR count). The number of amidine groups is 1. The van der Waals surface area contributed by atoms with Crippen LogP contribution in [0.4, 0.5) is 5.69 Å². The molecule has 0 spiro atoms. The fourth-order valence-corrected chi connectivity index (χ4v) is 2.78. The second-order valence-corrected chi connectivity index (χ2v) is 5.00. The van der Waals surface area contributed by atoms with Crippen LogP contribution in [0, 0.1) is 0 Å². The highest BCUT2D eigenvalue weighted by atomic mass is 16.5. The Kier molecular flexibility index (Phi) is 3.22. The van der Waals surface area contributed by atoms with E-state index in [1.165, 1.54) is 48.1 Å². The molecule has 96 valence electrons. The van der Waals surface area contributed by atoms with E-state index in [4.69, 9.17) is 4.74 Å². The standard InChI is InChI=1S/C15H20N2O/c1-2-11-9-12-5-3-4-6-13(12)14(10-11)17-15-16-7-8-18-15/h9-10H,2-8H2,1H3,(H,16,17). The van der Waals surface area contributed by atoms with Crippen molar-refractivity contribution in [2.45, 2.75) is 39.0 Å². The van der Waals surface area contributed by atoms with Crippen molar-refractivity contribution in [2.75, 3.05) is 18.5 Å². The zero-order valence-electron chi connectivity index (χ0n) is 11.0. The molecular formula is C15H20N2O. The molecule has 0 radical (unpaired) electrons. The van der Waals surface area contributed by atoms with Gasteiger partial charge in [-0.25, -0.2) is 4.99 Å². The van der Waals surface area contributed by atoms with Gasteiger partial charge in [0.05, 0.1) is 6.54 Å². The molecule has 0 bridgehead atoms. The van der Waals surface area contributed by atoms with Gasteiger partial charge in [-0.2, -0.15) is 0 Å². The molecule has 0 fully saturated rings. The number of fused-ring (bicyclic) bond motifs is 1. The smallest absolute Gasteiger partial charge is 0.289 e. The number of aryl methyl sites for hydroxylation is 2. The summed E-state index contributed by atoms with van der Waals surface area (Å²) in [6, 6.07) is 5.32. The lowest BCUT2D eigenvalue weighted by molar-refractivity contribution is 0.346. The van der Waals surface area contributed by atoms with Crippen LogP contribution in [0.1, 0.15) is 36.5 Å². The molecule has 1 aliphatic carbocycles. The summed E-state index contributed by atoms with van der Waals surface area (Å²) in [5.74, 6) is 0. The lowest BCUT2D eigenvalue weighted by atomic mass is 9.88. The number of hydrogen-bond acceptors (Lipinski definition) is 3. The third-order valence-corrected chi connectivity index (χ3v) is 3.76. The lowest BCUT2D eigenvalue weighted by Gasteiger charge is -2.21. The van der Waals surface area contributed by atoms with Crippen molar-refractivity contribution in [3.63, 3.8) is 0 Å². The molecule has 1 aromatic carbocycles. The van der Waals surface area contributed by atoms with Crippen LogP contribution in [0.3, 0.4) is 0 Å². The second kappa shape index (κ2) is 5.01. The lowest BCUT2D eigenvalue weighted by Crippen LogP contribution is -2.16. The van der Waals surface area contributed by atoms with E-state index < -0.39 is 0 Å². The van der Waals surface area contributed by atoms with Gasteiger partial charge in [-0.3, -0.25) is 0 Å². The summed E-state index contributed by atoms with van der Waals surface area (Å²) in [6.07, 6.45) is 6.08. The van der Waals surface area contributed by atoms with Crippen molar-refractivity contribution in [3.05, 3.63) is 28.8 Å². The molecule has 3 heteroatoms. The highest BCUT2D eigenvalue weighted by molar-refractivity contribution is 5.91. The van der Waals surface area contributed by atoms with Gasteiger partial charge in [-0.15, -0.1) is 0 Å². The molecule has 3 nitrogen and oxygen atoms in total. The molecule has 0 aromatic heterocycles. The van der Waals surface area contributed by atoms with E-state index in [1.807, 2.05) is 0 Å². The third-order valence-electron chi connectivity index (χ3n) is 3.76. The number of nitrogens with zero attached hydrogens (tertiary/aromatic N) is 1. The Morgan fingerprint density at radius 3 is 2.94 bits per heavy atom. The van der Waals surface area contributed by atoms with Gasteiger partial charge in [-0.1, -0.05) is 13.0 Å². The van der Waals surface area contributed by atoms with Crippen LogP contribution >= 0.6 is 0 Å². The highest BCUT2D eigenvalue weighted by Gasteiger charge is 2.17. The number of anilines is 1. The second-order valence-electron chi connectivity index (χ2n) is 5.00. The molecule has 1 aliphatic heterocycles. The quantitative estimate of drug-likeness (QED) is 0.867. The molecule has 0 atom stereocenters. The fourth-order valence-electron chi connectivity index (χ4n) is 2.78. The number of aliphatic imine (C=N–C) groups is 1. The van der Waals surface area contributed by atoms with E-state index in [0.29, 0.717) is 12.6 Å². The van der Waals surface area contributed by atoms with Crippen molar-refractivity contribution in [3.8, 4) is 0 Å². The Morgan fingerprint density at radius 1 is 1.28 bits per heavy atom. The topological polar surface area (TPSA) is 33.6 Å². The van der Waals surface area contributed by atoms with Gasteiger partial charge in [0.15, 0.2) is 0 Å². The predicted octanol–water partition coefficient (Wildman–Crippen LogP) is 2.93. The molecule has 0 saturated heterocycles. The van der Waals surface area contributed by atoms with E-state index >= 15 is 0 Å². The first-order valence-electron chi connectivity index (χ1n) is 6.96. The minimum Gasteiger partial charge on any atom is -0.463 e. The van der Waals surface area contributed by atoms with Crippen molar-refractivity contribution in [1.29, 1.82) is 0 Å². The normalized spacial score (nSPS) is 17.9. The van der Waals surface area contributed by atoms with Gasteiger partial charge < -0.3 is 10.1 Å². The third kappa shape index (κ3) is 2.22. The van der Waals surface area contributed by atoms with E-state index in [-0.39, 0.29) is 0 Å². The molecule has 1 N–H and O–H groups in total. The zero-order chi connectivity index (χ0) is 12.4. The molecule has 18 heavy (non-hydrogen) atoms. The minimum absolute atomic E-state index is 0.691. The van der Waals surface area contributed by atoms with Crippen molar-refractivity contribution in [1.82, 2.24) is 0 Å². The molecule has 0 saturated carbocycles. The number of nitrogens with one attached hydrogen (secondary N) is 1.